The molecule has 0 amide bonds. The summed E-state index contributed by atoms with van der Waals surface area (Å²) in [6, 6.07) is 18.0. The highest BCUT2D eigenvalue weighted by Crippen LogP contribution is 2.28. The first-order chi connectivity index (χ1) is 18.1. The van der Waals surface area contributed by atoms with E-state index in [1.165, 1.54) is 81.8 Å². The summed E-state index contributed by atoms with van der Waals surface area (Å²) in [6.07, 6.45) is 14.3. The van der Waals surface area contributed by atoms with Gasteiger partial charge in [-0.05, 0) is 74.2 Å². The van der Waals surface area contributed by atoms with Crippen LogP contribution in [0.3, 0.4) is 0 Å². The summed E-state index contributed by atoms with van der Waals surface area (Å²) in [7, 11) is 4.09. The van der Waals surface area contributed by atoms with Gasteiger partial charge in [0.25, 0.3) is 0 Å². The SMILES string of the molecule is CCCCCCCCc1ccc(CNC[C@H]2CC[C@@H](Nc3nc(N(C)C)c4ccccc4n3)CC2)cc1. The molecule has 0 spiro atoms. The molecule has 5 nitrogen and oxygen atoms in total. The van der Waals surface area contributed by atoms with Crippen LogP contribution in [0.1, 0.15) is 82.3 Å². The molecule has 0 unspecified atom stereocenters. The third kappa shape index (κ3) is 8.43. The number of rotatable bonds is 14. The van der Waals surface area contributed by atoms with E-state index in [1.54, 1.807) is 0 Å². The van der Waals surface area contributed by atoms with E-state index in [0.717, 1.165) is 41.7 Å². The Bertz CT molecular complexity index is 1070. The number of anilines is 2. The van der Waals surface area contributed by atoms with Crippen LogP contribution in [-0.2, 0) is 13.0 Å². The average molecular weight is 502 g/mol. The monoisotopic (exact) mass is 501 g/mol. The van der Waals surface area contributed by atoms with E-state index in [-0.39, 0.29) is 0 Å². The molecule has 4 rings (SSSR count). The molecular weight excluding hydrogens is 454 g/mol. The number of aromatic nitrogens is 2. The van der Waals surface area contributed by atoms with Crippen molar-refractivity contribution in [1.29, 1.82) is 0 Å². The Hall–Kier alpha value is -2.66. The van der Waals surface area contributed by atoms with Crippen LogP contribution in [0.25, 0.3) is 10.9 Å². The van der Waals surface area contributed by atoms with Crippen molar-refractivity contribution in [1.82, 2.24) is 15.3 Å². The molecule has 1 aliphatic rings. The standard InChI is InChI=1S/C32H47N5/c1-4-5-6-7-8-9-12-25-15-17-26(18-16-25)23-33-24-27-19-21-28(22-20-27)34-32-35-30-14-11-10-13-29(30)31(36-32)37(2)3/h10-11,13-18,27-28,33H,4-9,12,19-24H2,1-3H3,(H,34,35,36)/t27-,28+. The van der Waals surface area contributed by atoms with E-state index in [9.17, 15) is 0 Å². The minimum absolute atomic E-state index is 0.451. The van der Waals surface area contributed by atoms with Gasteiger partial charge in [0.05, 0.1) is 5.52 Å². The summed E-state index contributed by atoms with van der Waals surface area (Å²) in [4.78, 5) is 11.7. The number of nitrogens with zero attached hydrogens (tertiary/aromatic N) is 3. The Labute approximate surface area is 224 Å². The zero-order valence-electron chi connectivity index (χ0n) is 23.3. The van der Waals surface area contributed by atoms with Crippen molar-refractivity contribution in [3.05, 3.63) is 59.7 Å². The van der Waals surface area contributed by atoms with Gasteiger partial charge in [0.1, 0.15) is 5.82 Å². The number of benzene rings is 2. The Kier molecular flexibility index (Phi) is 10.6. The lowest BCUT2D eigenvalue weighted by Crippen LogP contribution is -2.31. The summed E-state index contributed by atoms with van der Waals surface area (Å²) in [6.45, 7) is 4.35. The molecule has 0 saturated heterocycles. The van der Waals surface area contributed by atoms with Crippen LogP contribution in [0.5, 0.6) is 0 Å². The first-order valence-corrected chi connectivity index (χ1v) is 14.6. The fraction of sp³-hybridized carbons (Fsp3) is 0.562. The molecule has 200 valence electrons. The number of unbranched alkanes of at least 4 members (excludes halogenated alkanes) is 5. The molecule has 2 N–H and O–H groups in total. The topological polar surface area (TPSA) is 53.1 Å². The van der Waals surface area contributed by atoms with E-state index in [0.29, 0.717) is 6.04 Å². The molecule has 0 atom stereocenters. The molecule has 3 aromatic rings. The normalized spacial score (nSPS) is 17.7. The van der Waals surface area contributed by atoms with Crippen LogP contribution >= 0.6 is 0 Å². The summed E-state index contributed by atoms with van der Waals surface area (Å²) in [5, 5.41) is 8.45. The molecular formula is C32H47N5. The second-order valence-corrected chi connectivity index (χ2v) is 11.1. The number of para-hydroxylation sites is 1. The lowest BCUT2D eigenvalue weighted by Gasteiger charge is -2.29. The van der Waals surface area contributed by atoms with Crippen molar-refractivity contribution in [3.8, 4) is 0 Å². The third-order valence-electron chi connectivity index (χ3n) is 7.79. The van der Waals surface area contributed by atoms with Crippen molar-refractivity contribution in [2.45, 2.75) is 90.1 Å². The highest BCUT2D eigenvalue weighted by molar-refractivity contribution is 5.90. The molecule has 37 heavy (non-hydrogen) atoms. The van der Waals surface area contributed by atoms with Gasteiger partial charge in [0.2, 0.25) is 5.95 Å². The second kappa shape index (κ2) is 14.3. The van der Waals surface area contributed by atoms with Crippen LogP contribution in [0.15, 0.2) is 48.5 Å². The maximum atomic E-state index is 4.83. The van der Waals surface area contributed by atoms with E-state index in [1.807, 2.05) is 26.2 Å². The van der Waals surface area contributed by atoms with E-state index in [2.05, 4.69) is 58.9 Å². The molecule has 1 aliphatic carbocycles. The minimum Gasteiger partial charge on any atom is -0.362 e. The highest BCUT2D eigenvalue weighted by atomic mass is 15.2. The number of nitrogens with one attached hydrogen (secondary N) is 2. The lowest BCUT2D eigenvalue weighted by molar-refractivity contribution is 0.324. The molecule has 5 heteroatoms. The molecule has 1 aromatic heterocycles. The lowest BCUT2D eigenvalue weighted by atomic mass is 9.86. The zero-order chi connectivity index (χ0) is 25.9. The smallest absolute Gasteiger partial charge is 0.225 e. The average Bonchev–Trinajstić information content (AvgIpc) is 2.92. The Morgan fingerprint density at radius 3 is 2.27 bits per heavy atom. The Morgan fingerprint density at radius 1 is 0.811 bits per heavy atom. The van der Waals surface area contributed by atoms with Crippen molar-refractivity contribution < 1.29 is 0 Å². The summed E-state index contributed by atoms with van der Waals surface area (Å²) >= 11 is 0. The predicted octanol–water partition coefficient (Wildman–Crippen LogP) is 7.36. The molecule has 2 aromatic carbocycles. The molecule has 0 bridgehead atoms. The first-order valence-electron chi connectivity index (χ1n) is 14.6. The van der Waals surface area contributed by atoms with Gasteiger partial charge in [-0.1, -0.05) is 75.4 Å². The van der Waals surface area contributed by atoms with Gasteiger partial charge in [-0.2, -0.15) is 4.98 Å². The molecule has 0 radical (unpaired) electrons. The van der Waals surface area contributed by atoms with Crippen LogP contribution in [0, 0.1) is 5.92 Å². The molecule has 1 saturated carbocycles. The van der Waals surface area contributed by atoms with E-state index < -0.39 is 0 Å². The fourth-order valence-electron chi connectivity index (χ4n) is 5.51. The number of fused-ring (bicyclic) bond motifs is 1. The van der Waals surface area contributed by atoms with Crippen LogP contribution in [0.4, 0.5) is 11.8 Å². The van der Waals surface area contributed by atoms with E-state index >= 15 is 0 Å². The summed E-state index contributed by atoms with van der Waals surface area (Å²) in [5.41, 5.74) is 3.88. The molecule has 0 aliphatic heterocycles. The second-order valence-electron chi connectivity index (χ2n) is 11.1. The van der Waals surface area contributed by atoms with Gasteiger partial charge in [-0.15, -0.1) is 0 Å². The number of hydrogen-bond donors (Lipinski definition) is 2. The first kappa shape index (κ1) is 27.4. The van der Waals surface area contributed by atoms with Crippen LogP contribution in [-0.4, -0.2) is 36.6 Å². The summed E-state index contributed by atoms with van der Waals surface area (Å²) in [5.74, 6) is 2.48. The van der Waals surface area contributed by atoms with Gasteiger partial charge >= 0.3 is 0 Å². The number of hydrogen-bond acceptors (Lipinski definition) is 5. The third-order valence-corrected chi connectivity index (χ3v) is 7.79. The Balaban J connectivity index is 1.15. The van der Waals surface area contributed by atoms with Gasteiger partial charge < -0.3 is 15.5 Å². The number of aryl methyl sites for hydroxylation is 1. The molecule has 1 fully saturated rings. The zero-order valence-corrected chi connectivity index (χ0v) is 23.3. The van der Waals surface area contributed by atoms with Crippen LogP contribution in [0.2, 0.25) is 0 Å². The van der Waals surface area contributed by atoms with Gasteiger partial charge in [0.15, 0.2) is 0 Å². The maximum absolute atomic E-state index is 4.83. The predicted molar refractivity (Wildman–Crippen MR) is 158 cm³/mol. The van der Waals surface area contributed by atoms with Crippen LogP contribution < -0.4 is 15.5 Å². The van der Waals surface area contributed by atoms with Gasteiger partial charge in [0, 0.05) is 32.1 Å². The van der Waals surface area contributed by atoms with E-state index in [4.69, 9.17) is 9.97 Å². The van der Waals surface area contributed by atoms with Crippen molar-refractivity contribution in [2.24, 2.45) is 5.92 Å². The maximum Gasteiger partial charge on any atom is 0.225 e. The minimum atomic E-state index is 0.451. The van der Waals surface area contributed by atoms with Gasteiger partial charge in [-0.3, -0.25) is 0 Å². The van der Waals surface area contributed by atoms with Crippen molar-refractivity contribution in [3.63, 3.8) is 0 Å². The quantitative estimate of drug-likeness (QED) is 0.226. The Morgan fingerprint density at radius 2 is 1.51 bits per heavy atom. The van der Waals surface area contributed by atoms with Gasteiger partial charge in [-0.25, -0.2) is 4.98 Å². The summed E-state index contributed by atoms with van der Waals surface area (Å²) < 4.78 is 0. The largest absolute Gasteiger partial charge is 0.362 e. The fourth-order valence-corrected chi connectivity index (χ4v) is 5.51. The molecule has 1 heterocycles. The van der Waals surface area contributed by atoms with Crippen molar-refractivity contribution in [2.75, 3.05) is 30.9 Å². The van der Waals surface area contributed by atoms with Crippen molar-refractivity contribution >= 4 is 22.7 Å². The highest BCUT2D eigenvalue weighted by Gasteiger charge is 2.22.